The minimum atomic E-state index is -1.00. The van der Waals surface area contributed by atoms with E-state index in [2.05, 4.69) is 31.9 Å². The SMILES string of the molecule is CC(C)(C)OC(=O)c1c(F)cc(Br)cc1F.COc1cc(Br)cc(F)c1C(=O)OC(C)(C)C. The molecule has 0 unspecified atom stereocenters. The number of benzene rings is 2. The minimum absolute atomic E-state index is 0.145. The monoisotopic (exact) mass is 596 g/mol. The molecule has 182 valence electrons. The lowest BCUT2D eigenvalue weighted by molar-refractivity contribution is 0.00471. The van der Waals surface area contributed by atoms with Gasteiger partial charge in [-0.15, -0.1) is 0 Å². The van der Waals surface area contributed by atoms with E-state index in [0.29, 0.717) is 4.47 Å². The van der Waals surface area contributed by atoms with Crippen LogP contribution in [0.2, 0.25) is 0 Å². The van der Waals surface area contributed by atoms with Gasteiger partial charge in [0.2, 0.25) is 0 Å². The zero-order valence-corrected chi connectivity index (χ0v) is 22.4. The Morgan fingerprint density at radius 3 is 1.39 bits per heavy atom. The summed E-state index contributed by atoms with van der Waals surface area (Å²) in [6.45, 7) is 10.0. The van der Waals surface area contributed by atoms with E-state index in [1.54, 1.807) is 41.5 Å². The Bertz CT molecular complexity index is 1000. The molecule has 0 aliphatic rings. The van der Waals surface area contributed by atoms with E-state index in [1.807, 2.05) is 0 Å². The van der Waals surface area contributed by atoms with Gasteiger partial charge in [-0.25, -0.2) is 22.8 Å². The maximum Gasteiger partial charge on any atom is 0.345 e. The molecule has 0 radical (unpaired) electrons. The first kappa shape index (κ1) is 29.0. The number of methoxy groups -OCH3 is 1. The average molecular weight is 598 g/mol. The molecule has 0 amide bonds. The molecule has 0 fully saturated rings. The number of rotatable bonds is 3. The maximum absolute atomic E-state index is 13.7. The Hall–Kier alpha value is -2.07. The van der Waals surface area contributed by atoms with Crippen LogP contribution in [-0.2, 0) is 9.47 Å². The summed E-state index contributed by atoms with van der Waals surface area (Å²) in [6.07, 6.45) is 0. The second-order valence-corrected chi connectivity index (χ2v) is 10.5. The average Bonchev–Trinajstić information content (AvgIpc) is 2.57. The summed E-state index contributed by atoms with van der Waals surface area (Å²) in [5.41, 5.74) is -2.33. The molecular weight excluding hydrogens is 573 g/mol. The van der Waals surface area contributed by atoms with Crippen molar-refractivity contribution in [2.75, 3.05) is 7.11 Å². The van der Waals surface area contributed by atoms with Crippen molar-refractivity contribution in [1.29, 1.82) is 0 Å². The number of esters is 2. The third-order valence-corrected chi connectivity index (χ3v) is 4.37. The van der Waals surface area contributed by atoms with E-state index >= 15 is 0 Å². The Balaban J connectivity index is 0.000000331. The molecule has 0 saturated heterocycles. The van der Waals surface area contributed by atoms with Gasteiger partial charge in [0, 0.05) is 8.95 Å². The molecule has 0 spiro atoms. The van der Waals surface area contributed by atoms with Gasteiger partial charge >= 0.3 is 11.9 Å². The van der Waals surface area contributed by atoms with Crippen molar-refractivity contribution in [3.8, 4) is 5.75 Å². The molecule has 2 aromatic rings. The van der Waals surface area contributed by atoms with Crippen LogP contribution in [0, 0.1) is 17.5 Å². The summed E-state index contributed by atoms with van der Waals surface area (Å²) in [6, 6.07) is 4.74. The van der Waals surface area contributed by atoms with Crippen molar-refractivity contribution >= 4 is 43.8 Å². The van der Waals surface area contributed by atoms with Crippen LogP contribution in [-0.4, -0.2) is 30.3 Å². The smallest absolute Gasteiger partial charge is 0.345 e. The Labute approximate surface area is 207 Å². The van der Waals surface area contributed by atoms with Gasteiger partial charge in [0.05, 0.1) is 7.11 Å². The number of halogens is 5. The Morgan fingerprint density at radius 2 is 1.03 bits per heavy atom. The quantitative estimate of drug-likeness (QED) is 0.349. The summed E-state index contributed by atoms with van der Waals surface area (Å²) < 4.78 is 56.2. The molecule has 0 aliphatic heterocycles. The molecule has 2 aromatic carbocycles. The van der Waals surface area contributed by atoms with Crippen LogP contribution in [0.25, 0.3) is 0 Å². The number of hydrogen-bond acceptors (Lipinski definition) is 5. The van der Waals surface area contributed by atoms with Crippen molar-refractivity contribution in [2.24, 2.45) is 0 Å². The molecule has 33 heavy (non-hydrogen) atoms. The highest BCUT2D eigenvalue weighted by molar-refractivity contribution is 9.10. The molecule has 2 rings (SSSR count). The molecular formula is C23H25Br2F3O5. The number of carbonyl (C=O) groups is 2. The van der Waals surface area contributed by atoms with Crippen molar-refractivity contribution in [1.82, 2.24) is 0 Å². The second kappa shape index (κ2) is 11.4. The van der Waals surface area contributed by atoms with E-state index in [9.17, 15) is 22.8 Å². The van der Waals surface area contributed by atoms with Gasteiger partial charge in [-0.05, 0) is 65.8 Å². The highest BCUT2D eigenvalue weighted by Crippen LogP contribution is 2.28. The zero-order valence-electron chi connectivity index (χ0n) is 19.2. The fourth-order valence-corrected chi connectivity index (χ4v) is 3.12. The van der Waals surface area contributed by atoms with E-state index in [0.717, 1.165) is 12.1 Å². The normalized spacial score (nSPS) is 11.3. The first-order valence-electron chi connectivity index (χ1n) is 9.59. The van der Waals surface area contributed by atoms with Crippen LogP contribution in [0.4, 0.5) is 13.2 Å². The molecule has 0 aromatic heterocycles. The van der Waals surface area contributed by atoms with Crippen molar-refractivity contribution in [3.63, 3.8) is 0 Å². The van der Waals surface area contributed by atoms with Crippen LogP contribution in [0.5, 0.6) is 5.75 Å². The third kappa shape index (κ3) is 9.37. The molecule has 0 saturated carbocycles. The minimum Gasteiger partial charge on any atom is -0.496 e. The van der Waals surface area contributed by atoms with E-state index in [-0.39, 0.29) is 15.8 Å². The van der Waals surface area contributed by atoms with Crippen LogP contribution in [0.1, 0.15) is 62.3 Å². The van der Waals surface area contributed by atoms with Crippen molar-refractivity contribution in [2.45, 2.75) is 52.7 Å². The molecule has 0 heterocycles. The van der Waals surface area contributed by atoms with E-state index in [1.165, 1.54) is 19.2 Å². The maximum atomic E-state index is 13.7. The van der Waals surface area contributed by atoms with Gasteiger partial charge in [0.15, 0.2) is 0 Å². The molecule has 0 bridgehead atoms. The molecule has 5 nitrogen and oxygen atoms in total. The van der Waals surface area contributed by atoms with Gasteiger partial charge < -0.3 is 14.2 Å². The standard InChI is InChI=1S/C12H14BrFO3.C11H11BrF2O2/c1-12(2,3)17-11(15)10-8(14)5-7(13)6-9(10)16-4;1-11(2,3)16-10(15)9-7(13)4-6(12)5-8(9)14/h5-6H,1-4H3;4-5H,1-3H3. The lowest BCUT2D eigenvalue weighted by Crippen LogP contribution is -2.25. The summed E-state index contributed by atoms with van der Waals surface area (Å²) in [5, 5.41) is 0. The van der Waals surface area contributed by atoms with Crippen molar-refractivity contribution < 1.29 is 37.0 Å². The van der Waals surface area contributed by atoms with E-state index < -0.39 is 46.2 Å². The highest BCUT2D eigenvalue weighted by Gasteiger charge is 2.25. The first-order valence-corrected chi connectivity index (χ1v) is 11.2. The topological polar surface area (TPSA) is 61.8 Å². The number of carbonyl (C=O) groups excluding carboxylic acids is 2. The third-order valence-electron chi connectivity index (χ3n) is 3.45. The van der Waals surface area contributed by atoms with Gasteiger partial charge in [0.25, 0.3) is 0 Å². The molecule has 0 aliphatic carbocycles. The van der Waals surface area contributed by atoms with Crippen LogP contribution < -0.4 is 4.74 Å². The number of ether oxygens (including phenoxy) is 3. The molecule has 10 heteroatoms. The predicted molar refractivity (Wildman–Crippen MR) is 125 cm³/mol. The Morgan fingerprint density at radius 1 is 0.697 bits per heavy atom. The molecule has 0 N–H and O–H groups in total. The summed E-state index contributed by atoms with van der Waals surface area (Å²) in [7, 11) is 1.37. The predicted octanol–water partition coefficient (Wildman–Crippen LogP) is 7.23. The highest BCUT2D eigenvalue weighted by atomic mass is 79.9. The van der Waals surface area contributed by atoms with Crippen LogP contribution in [0.3, 0.4) is 0 Å². The molecule has 0 atom stereocenters. The number of hydrogen-bond donors (Lipinski definition) is 0. The van der Waals surface area contributed by atoms with E-state index in [4.69, 9.17) is 14.2 Å². The van der Waals surface area contributed by atoms with Gasteiger partial charge in [-0.2, -0.15) is 0 Å². The summed E-state index contributed by atoms with van der Waals surface area (Å²) >= 11 is 6.05. The lowest BCUT2D eigenvalue weighted by atomic mass is 10.1. The largest absolute Gasteiger partial charge is 0.496 e. The second-order valence-electron chi connectivity index (χ2n) is 8.71. The lowest BCUT2D eigenvalue weighted by Gasteiger charge is -2.20. The summed E-state index contributed by atoms with van der Waals surface area (Å²) in [5.74, 6) is -4.16. The Kier molecular flexibility index (Phi) is 9.98. The fraction of sp³-hybridized carbons (Fsp3) is 0.391. The van der Waals surface area contributed by atoms with Crippen LogP contribution in [0.15, 0.2) is 33.2 Å². The van der Waals surface area contributed by atoms with Crippen LogP contribution >= 0.6 is 31.9 Å². The van der Waals surface area contributed by atoms with Crippen molar-refractivity contribution in [3.05, 3.63) is 61.8 Å². The summed E-state index contributed by atoms with van der Waals surface area (Å²) in [4.78, 5) is 23.3. The zero-order chi connectivity index (χ0) is 25.7. The van der Waals surface area contributed by atoms with Gasteiger partial charge in [0.1, 0.15) is 45.5 Å². The van der Waals surface area contributed by atoms with Gasteiger partial charge in [-0.1, -0.05) is 31.9 Å². The first-order chi connectivity index (χ1) is 14.9. The van der Waals surface area contributed by atoms with Gasteiger partial charge in [-0.3, -0.25) is 0 Å². The fourth-order valence-electron chi connectivity index (χ4n) is 2.30.